The maximum atomic E-state index is 10.3. The molecule has 3 heteroatoms. The van der Waals surface area contributed by atoms with Gasteiger partial charge in [-0.25, -0.2) is 0 Å². The van der Waals surface area contributed by atoms with E-state index in [9.17, 15) is 4.79 Å². The Balaban J connectivity index is 0. The summed E-state index contributed by atoms with van der Waals surface area (Å²) in [4.78, 5) is 10.3. The van der Waals surface area contributed by atoms with Gasteiger partial charge in [0.15, 0.2) is 0 Å². The van der Waals surface area contributed by atoms with Crippen LogP contribution in [-0.2, 0) is 4.79 Å². The van der Waals surface area contributed by atoms with Crippen molar-refractivity contribution in [2.45, 2.75) is 26.2 Å². The first kappa shape index (κ1) is 10.5. The van der Waals surface area contributed by atoms with E-state index in [0.29, 0.717) is 5.92 Å². The number of hydrogen-bond donors (Lipinski definition) is 1. The van der Waals surface area contributed by atoms with Crippen LogP contribution in [0.3, 0.4) is 0 Å². The Bertz CT molecular complexity index is 130. The molecule has 0 aromatic rings. The summed E-state index contributed by atoms with van der Waals surface area (Å²) in [5.41, 5.74) is 0. The summed E-state index contributed by atoms with van der Waals surface area (Å²) in [5, 5.41) is 8.53. The fourth-order valence-electron chi connectivity index (χ4n) is 1.43. The van der Waals surface area contributed by atoms with E-state index in [2.05, 4.69) is 6.92 Å². The van der Waals surface area contributed by atoms with E-state index >= 15 is 0 Å². The van der Waals surface area contributed by atoms with Crippen molar-refractivity contribution >= 4 is 5.97 Å². The minimum Gasteiger partial charge on any atom is -1.00 e. The topological polar surface area (TPSA) is 37.3 Å². The Morgan fingerprint density at radius 1 is 1.60 bits per heavy atom. The zero-order chi connectivity index (χ0) is 6.85. The first-order chi connectivity index (χ1) is 4.20. The fraction of sp³-hybridized carbons (Fsp3) is 0.857. The largest absolute Gasteiger partial charge is 1.00 e. The second-order valence-corrected chi connectivity index (χ2v) is 2.95. The molecule has 0 heterocycles. The molecule has 10 heavy (non-hydrogen) atoms. The SMILES string of the molecule is CC1CCC(C(=O)O)C1.[H-].[Na+]. The molecule has 1 N–H and O–H groups in total. The van der Waals surface area contributed by atoms with Gasteiger partial charge in [0.25, 0.3) is 0 Å². The molecule has 1 aliphatic carbocycles. The van der Waals surface area contributed by atoms with Gasteiger partial charge in [0.1, 0.15) is 0 Å². The van der Waals surface area contributed by atoms with E-state index in [0.717, 1.165) is 19.3 Å². The number of carboxylic acids is 1. The second kappa shape index (κ2) is 4.37. The first-order valence-corrected chi connectivity index (χ1v) is 3.43. The third-order valence-corrected chi connectivity index (χ3v) is 2.04. The summed E-state index contributed by atoms with van der Waals surface area (Å²) in [6.07, 6.45) is 2.86. The molecule has 1 saturated carbocycles. The van der Waals surface area contributed by atoms with E-state index in [1.807, 2.05) is 0 Å². The Morgan fingerprint density at radius 2 is 2.20 bits per heavy atom. The van der Waals surface area contributed by atoms with Crippen LogP contribution < -0.4 is 29.6 Å². The maximum absolute atomic E-state index is 10.3. The zero-order valence-corrected chi connectivity index (χ0v) is 8.63. The second-order valence-electron chi connectivity index (χ2n) is 2.95. The molecular weight excluding hydrogens is 139 g/mol. The maximum Gasteiger partial charge on any atom is 1.00 e. The minimum absolute atomic E-state index is 0. The van der Waals surface area contributed by atoms with Crippen LogP contribution >= 0.6 is 0 Å². The van der Waals surface area contributed by atoms with Crippen molar-refractivity contribution in [2.24, 2.45) is 11.8 Å². The monoisotopic (exact) mass is 152 g/mol. The van der Waals surface area contributed by atoms with E-state index < -0.39 is 5.97 Å². The number of rotatable bonds is 1. The van der Waals surface area contributed by atoms with Crippen LogP contribution in [0.5, 0.6) is 0 Å². The molecule has 1 fully saturated rings. The van der Waals surface area contributed by atoms with Gasteiger partial charge in [-0.1, -0.05) is 6.92 Å². The third kappa shape index (κ3) is 2.60. The molecule has 1 aliphatic rings. The molecule has 54 valence electrons. The summed E-state index contributed by atoms with van der Waals surface area (Å²) in [7, 11) is 0. The van der Waals surface area contributed by atoms with E-state index in [1.54, 1.807) is 0 Å². The van der Waals surface area contributed by atoms with Gasteiger partial charge in [-0.3, -0.25) is 4.79 Å². The standard InChI is InChI=1S/C7H12O2.Na.H/c1-5-2-3-6(4-5)7(8)9;;/h5-6H,2-4H2,1H3,(H,8,9);;/q;+1;-1. The van der Waals surface area contributed by atoms with Crippen LogP contribution in [0.25, 0.3) is 0 Å². The summed E-state index contributed by atoms with van der Waals surface area (Å²) in [6, 6.07) is 0. The van der Waals surface area contributed by atoms with Crippen molar-refractivity contribution in [1.82, 2.24) is 0 Å². The normalized spacial score (nSPS) is 31.3. The van der Waals surface area contributed by atoms with Gasteiger partial charge < -0.3 is 6.53 Å². The van der Waals surface area contributed by atoms with Crippen molar-refractivity contribution in [3.8, 4) is 0 Å². The molecular formula is C7H13NaO2. The first-order valence-electron chi connectivity index (χ1n) is 3.43. The quantitative estimate of drug-likeness (QED) is 0.470. The minimum atomic E-state index is -0.612. The van der Waals surface area contributed by atoms with E-state index in [1.165, 1.54) is 0 Å². The van der Waals surface area contributed by atoms with Gasteiger partial charge in [-0.2, -0.15) is 0 Å². The molecule has 0 aromatic carbocycles. The predicted molar refractivity (Wildman–Crippen MR) is 35.3 cm³/mol. The van der Waals surface area contributed by atoms with Crippen LogP contribution in [0.15, 0.2) is 0 Å². The zero-order valence-electron chi connectivity index (χ0n) is 7.63. The van der Waals surface area contributed by atoms with E-state index in [-0.39, 0.29) is 36.9 Å². The van der Waals surface area contributed by atoms with Gasteiger partial charge in [-0.05, 0) is 25.2 Å². The van der Waals surface area contributed by atoms with Crippen molar-refractivity contribution in [3.63, 3.8) is 0 Å². The number of carboxylic acid groups (broad SMARTS) is 1. The van der Waals surface area contributed by atoms with Gasteiger partial charge >= 0.3 is 35.5 Å². The number of carbonyl (C=O) groups is 1. The Morgan fingerprint density at radius 3 is 2.40 bits per heavy atom. The third-order valence-electron chi connectivity index (χ3n) is 2.04. The van der Waals surface area contributed by atoms with Crippen molar-refractivity contribution in [2.75, 3.05) is 0 Å². The van der Waals surface area contributed by atoms with Gasteiger partial charge in [-0.15, -0.1) is 0 Å². The van der Waals surface area contributed by atoms with Crippen molar-refractivity contribution in [3.05, 3.63) is 0 Å². The predicted octanol–water partition coefficient (Wildman–Crippen LogP) is -1.38. The van der Waals surface area contributed by atoms with Gasteiger partial charge in [0, 0.05) is 0 Å². The van der Waals surface area contributed by atoms with Crippen LogP contribution in [0.1, 0.15) is 27.6 Å². The summed E-state index contributed by atoms with van der Waals surface area (Å²) >= 11 is 0. The fourth-order valence-corrected chi connectivity index (χ4v) is 1.43. The molecule has 0 saturated heterocycles. The van der Waals surface area contributed by atoms with Crippen LogP contribution in [-0.4, -0.2) is 11.1 Å². The smallest absolute Gasteiger partial charge is 1.00 e. The Labute approximate surface area is 84.8 Å². The number of hydrogen-bond acceptors (Lipinski definition) is 1. The molecule has 2 unspecified atom stereocenters. The van der Waals surface area contributed by atoms with Crippen molar-refractivity contribution < 1.29 is 40.9 Å². The number of aliphatic carboxylic acids is 1. The average molecular weight is 152 g/mol. The van der Waals surface area contributed by atoms with Gasteiger partial charge in [0.05, 0.1) is 5.92 Å². The van der Waals surface area contributed by atoms with Crippen LogP contribution in [0, 0.1) is 11.8 Å². The molecule has 0 amide bonds. The summed E-state index contributed by atoms with van der Waals surface area (Å²) in [5.74, 6) is -0.0227. The molecule has 2 nitrogen and oxygen atoms in total. The van der Waals surface area contributed by atoms with Crippen LogP contribution in [0.4, 0.5) is 0 Å². The molecule has 2 atom stereocenters. The molecule has 0 bridgehead atoms. The van der Waals surface area contributed by atoms with Gasteiger partial charge in [0.2, 0.25) is 0 Å². The average Bonchev–Trinajstić information content (AvgIpc) is 2.14. The molecule has 0 spiro atoms. The van der Waals surface area contributed by atoms with Crippen LogP contribution in [0.2, 0.25) is 0 Å². The summed E-state index contributed by atoms with van der Waals surface area (Å²) in [6.45, 7) is 2.11. The van der Waals surface area contributed by atoms with E-state index in [4.69, 9.17) is 5.11 Å². The molecule has 1 rings (SSSR count). The Hall–Kier alpha value is 0.470. The Kier molecular flexibility index (Phi) is 4.57. The molecule has 0 aromatic heterocycles. The molecule has 0 radical (unpaired) electrons. The molecule has 0 aliphatic heterocycles. The summed E-state index contributed by atoms with van der Waals surface area (Å²) < 4.78 is 0. The van der Waals surface area contributed by atoms with Crippen molar-refractivity contribution in [1.29, 1.82) is 0 Å².